The lowest BCUT2D eigenvalue weighted by Gasteiger charge is -2.12. The van der Waals surface area contributed by atoms with E-state index in [4.69, 9.17) is 11.6 Å². The summed E-state index contributed by atoms with van der Waals surface area (Å²) < 4.78 is 0.851. The molecule has 1 aliphatic carbocycles. The molecule has 2 amide bonds. The van der Waals surface area contributed by atoms with Gasteiger partial charge in [0.2, 0.25) is 0 Å². The number of carbonyl (C=O) groups is 3. The third-order valence-electron chi connectivity index (χ3n) is 5.78. The first kappa shape index (κ1) is 23.0. The first-order valence-corrected chi connectivity index (χ1v) is 12.3. The maximum Gasteiger partial charge on any atom is 0.293 e. The summed E-state index contributed by atoms with van der Waals surface area (Å²) in [5, 5.41) is 0.183. The van der Waals surface area contributed by atoms with Crippen LogP contribution in [-0.2, 0) is 11.2 Å². The van der Waals surface area contributed by atoms with E-state index in [-0.39, 0.29) is 12.3 Å². The number of thioether (sulfide) groups is 1. The molecule has 1 saturated heterocycles. The molecule has 32 heavy (non-hydrogen) atoms. The summed E-state index contributed by atoms with van der Waals surface area (Å²) in [7, 11) is 0. The van der Waals surface area contributed by atoms with Crippen molar-refractivity contribution in [1.82, 2.24) is 4.90 Å². The van der Waals surface area contributed by atoms with Gasteiger partial charge in [0.25, 0.3) is 11.1 Å². The van der Waals surface area contributed by atoms with E-state index in [1.54, 1.807) is 30.3 Å². The predicted octanol–water partition coefficient (Wildman–Crippen LogP) is 6.81. The maximum absolute atomic E-state index is 12.9. The molecule has 1 fully saturated rings. The largest absolute Gasteiger partial charge is 0.293 e. The Morgan fingerprint density at radius 3 is 2.53 bits per heavy atom. The van der Waals surface area contributed by atoms with E-state index >= 15 is 0 Å². The number of aryl methyl sites for hydroxylation is 3. The molecule has 7 heteroatoms. The molecule has 164 valence electrons. The van der Waals surface area contributed by atoms with Crippen LogP contribution in [0.25, 0.3) is 5.03 Å². The van der Waals surface area contributed by atoms with E-state index in [0.717, 1.165) is 57.1 Å². The first-order valence-electron chi connectivity index (χ1n) is 10.3. The standard InChI is InChI=1S/C25H21BrClNO3S/c1-14-10-17-4-3-5-18(23(27)20(17)11-15(14)2)12-22-24(30)28(25(31)32-22)13-21(29)16-6-8-19(26)9-7-16/h6-12H,3-5,13H2,1-2H3/b22-12-. The van der Waals surface area contributed by atoms with Gasteiger partial charge in [0.15, 0.2) is 5.78 Å². The maximum atomic E-state index is 12.9. The number of hydrogen-bond acceptors (Lipinski definition) is 4. The van der Waals surface area contributed by atoms with E-state index < -0.39 is 11.1 Å². The second kappa shape index (κ2) is 9.38. The molecular weight excluding hydrogens is 510 g/mol. The summed E-state index contributed by atoms with van der Waals surface area (Å²) in [4.78, 5) is 39.3. The molecule has 0 bridgehead atoms. The monoisotopic (exact) mass is 529 g/mol. The number of allylic oxidation sites excluding steroid dienone is 2. The molecule has 0 N–H and O–H groups in total. The van der Waals surface area contributed by atoms with Crippen molar-refractivity contribution in [2.75, 3.05) is 6.54 Å². The number of benzene rings is 2. The zero-order valence-corrected chi connectivity index (χ0v) is 20.9. The van der Waals surface area contributed by atoms with Crippen molar-refractivity contribution in [3.63, 3.8) is 0 Å². The zero-order chi connectivity index (χ0) is 23.0. The molecule has 0 aromatic heterocycles. The lowest BCUT2D eigenvalue weighted by Crippen LogP contribution is -2.33. The van der Waals surface area contributed by atoms with Crippen LogP contribution in [0.3, 0.4) is 0 Å². The van der Waals surface area contributed by atoms with Crippen molar-refractivity contribution in [3.8, 4) is 0 Å². The molecule has 4 nitrogen and oxygen atoms in total. The fourth-order valence-electron chi connectivity index (χ4n) is 3.84. The molecule has 0 radical (unpaired) electrons. The number of ketones is 1. The number of fused-ring (bicyclic) bond motifs is 1. The molecule has 1 heterocycles. The summed E-state index contributed by atoms with van der Waals surface area (Å²) in [5.74, 6) is -0.737. The summed E-state index contributed by atoms with van der Waals surface area (Å²) in [6.07, 6.45) is 4.26. The smallest absolute Gasteiger partial charge is 0.292 e. The van der Waals surface area contributed by atoms with Gasteiger partial charge in [0, 0.05) is 10.0 Å². The molecule has 0 atom stereocenters. The minimum Gasteiger partial charge on any atom is -0.292 e. The molecule has 2 aromatic carbocycles. The molecule has 2 aromatic rings. The first-order chi connectivity index (χ1) is 15.2. The molecule has 0 saturated carbocycles. The number of halogens is 2. The third kappa shape index (κ3) is 4.63. The second-order valence-corrected chi connectivity index (χ2v) is 10.3. The quantitative estimate of drug-likeness (QED) is 0.322. The van der Waals surface area contributed by atoms with Gasteiger partial charge in [-0.3, -0.25) is 19.3 Å². The number of imide groups is 1. The van der Waals surface area contributed by atoms with Gasteiger partial charge >= 0.3 is 0 Å². The average molecular weight is 531 g/mol. The van der Waals surface area contributed by atoms with Gasteiger partial charge in [-0.25, -0.2) is 0 Å². The minimum absolute atomic E-state index is 0.280. The number of Topliss-reactive ketones (excluding diaryl/α,β-unsaturated/α-hetero) is 1. The van der Waals surface area contributed by atoms with E-state index in [1.807, 2.05) is 0 Å². The Morgan fingerprint density at radius 1 is 1.12 bits per heavy atom. The topological polar surface area (TPSA) is 54.5 Å². The number of nitrogens with zero attached hydrogens (tertiary/aromatic N) is 1. The van der Waals surface area contributed by atoms with Crippen LogP contribution in [0.5, 0.6) is 0 Å². The Bertz CT molecular complexity index is 1200. The minimum atomic E-state index is -0.452. The molecule has 0 spiro atoms. The fourth-order valence-corrected chi connectivity index (χ4v) is 5.27. The van der Waals surface area contributed by atoms with E-state index in [9.17, 15) is 14.4 Å². The highest BCUT2D eigenvalue weighted by Crippen LogP contribution is 2.38. The van der Waals surface area contributed by atoms with Crippen LogP contribution in [0.15, 0.2) is 57.4 Å². The Labute approximate surface area is 204 Å². The van der Waals surface area contributed by atoms with Gasteiger partial charge in [-0.1, -0.05) is 45.7 Å². The van der Waals surface area contributed by atoms with Crippen LogP contribution in [-0.4, -0.2) is 28.4 Å². The van der Waals surface area contributed by atoms with Crippen LogP contribution in [0.4, 0.5) is 4.79 Å². The summed E-state index contributed by atoms with van der Waals surface area (Å²) in [5.41, 5.74) is 5.88. The summed E-state index contributed by atoms with van der Waals surface area (Å²) in [6, 6.07) is 11.1. The Morgan fingerprint density at radius 2 is 1.81 bits per heavy atom. The Kier molecular flexibility index (Phi) is 6.75. The van der Waals surface area contributed by atoms with Crippen LogP contribution < -0.4 is 0 Å². The summed E-state index contributed by atoms with van der Waals surface area (Å²) in [6.45, 7) is 3.86. The van der Waals surface area contributed by atoms with Crippen molar-refractivity contribution in [2.24, 2.45) is 0 Å². The third-order valence-corrected chi connectivity index (χ3v) is 7.66. The molecule has 0 unspecified atom stereocenters. The van der Waals surface area contributed by atoms with Gasteiger partial charge in [0.05, 0.1) is 16.5 Å². The number of amides is 2. The molecule has 1 aliphatic heterocycles. The van der Waals surface area contributed by atoms with Crippen molar-refractivity contribution >= 4 is 61.3 Å². The highest BCUT2D eigenvalue weighted by atomic mass is 79.9. The number of hydrogen-bond donors (Lipinski definition) is 0. The van der Waals surface area contributed by atoms with Crippen LogP contribution in [0.1, 0.15) is 45.5 Å². The average Bonchev–Trinajstić information content (AvgIpc) is 2.92. The van der Waals surface area contributed by atoms with Gasteiger partial charge in [-0.05, 0) is 97.0 Å². The van der Waals surface area contributed by atoms with Gasteiger partial charge in [0.1, 0.15) is 0 Å². The fraction of sp³-hybridized carbons (Fsp3) is 0.240. The normalized spacial score (nSPS) is 17.8. The van der Waals surface area contributed by atoms with Gasteiger partial charge in [-0.15, -0.1) is 0 Å². The Hall–Kier alpha value is -2.15. The van der Waals surface area contributed by atoms with Gasteiger partial charge < -0.3 is 0 Å². The predicted molar refractivity (Wildman–Crippen MR) is 133 cm³/mol. The molecular formula is C25H21BrClNO3S. The van der Waals surface area contributed by atoms with Crippen LogP contribution in [0.2, 0.25) is 0 Å². The Balaban J connectivity index is 1.60. The second-order valence-electron chi connectivity index (χ2n) is 7.98. The van der Waals surface area contributed by atoms with Crippen LogP contribution in [0, 0.1) is 13.8 Å². The van der Waals surface area contributed by atoms with Crippen molar-refractivity contribution in [3.05, 3.63) is 85.2 Å². The zero-order valence-electron chi connectivity index (χ0n) is 17.7. The number of rotatable bonds is 4. The SMILES string of the molecule is Cc1cc2c(cc1C)C(Cl)=C(/C=C1\SC(=O)N(CC(=O)c3ccc(Br)cc3)C1=O)CCC2. The van der Waals surface area contributed by atoms with E-state index in [0.29, 0.717) is 15.5 Å². The summed E-state index contributed by atoms with van der Waals surface area (Å²) >= 11 is 11.0. The number of carbonyl (C=O) groups excluding carboxylic acids is 3. The van der Waals surface area contributed by atoms with Crippen molar-refractivity contribution in [1.29, 1.82) is 0 Å². The lowest BCUT2D eigenvalue weighted by atomic mass is 9.98. The highest BCUT2D eigenvalue weighted by Gasteiger charge is 2.36. The lowest BCUT2D eigenvalue weighted by molar-refractivity contribution is -0.122. The van der Waals surface area contributed by atoms with E-state index in [1.165, 1.54) is 11.1 Å². The molecule has 4 rings (SSSR count). The van der Waals surface area contributed by atoms with Crippen LogP contribution >= 0.6 is 39.3 Å². The van der Waals surface area contributed by atoms with Gasteiger partial charge in [-0.2, -0.15) is 0 Å². The van der Waals surface area contributed by atoms with E-state index in [2.05, 4.69) is 41.9 Å². The van der Waals surface area contributed by atoms with Crippen molar-refractivity contribution < 1.29 is 14.4 Å². The highest BCUT2D eigenvalue weighted by molar-refractivity contribution is 9.10. The molecule has 2 aliphatic rings. The van der Waals surface area contributed by atoms with Crippen molar-refractivity contribution in [2.45, 2.75) is 33.1 Å².